The zero-order chi connectivity index (χ0) is 20.9. The highest BCUT2D eigenvalue weighted by atomic mass is 16.5. The van der Waals surface area contributed by atoms with Gasteiger partial charge in [0.05, 0.1) is 12.3 Å². The van der Waals surface area contributed by atoms with E-state index in [4.69, 9.17) is 15.2 Å². The topological polar surface area (TPSA) is 114 Å². The Morgan fingerprint density at radius 1 is 1.30 bits per heavy atom. The van der Waals surface area contributed by atoms with Crippen molar-refractivity contribution in [2.45, 2.75) is 30.4 Å². The van der Waals surface area contributed by atoms with Crippen LogP contribution in [0.2, 0.25) is 0 Å². The highest BCUT2D eigenvalue weighted by molar-refractivity contribution is 6.07. The van der Waals surface area contributed by atoms with Crippen LogP contribution in [0.4, 0.5) is 0 Å². The van der Waals surface area contributed by atoms with Crippen molar-refractivity contribution in [1.29, 1.82) is 5.26 Å². The number of aromatic nitrogens is 1. The maximum atomic E-state index is 13.4. The first-order chi connectivity index (χ1) is 14.5. The van der Waals surface area contributed by atoms with E-state index in [-0.39, 0.29) is 11.9 Å². The van der Waals surface area contributed by atoms with E-state index < -0.39 is 11.1 Å². The average molecular weight is 403 g/mol. The number of carbonyl (C=O) groups excluding carboxylic acids is 1. The number of guanidine groups is 1. The molecule has 1 fully saturated rings. The summed E-state index contributed by atoms with van der Waals surface area (Å²) in [6, 6.07) is 12.9. The lowest BCUT2D eigenvalue weighted by Crippen LogP contribution is -2.55. The first kappa shape index (κ1) is 18.6. The van der Waals surface area contributed by atoms with Crippen molar-refractivity contribution in [2.24, 2.45) is 10.7 Å². The summed E-state index contributed by atoms with van der Waals surface area (Å²) in [6.07, 6.45) is 2.01. The van der Waals surface area contributed by atoms with Gasteiger partial charge in [0.25, 0.3) is 5.91 Å². The predicted molar refractivity (Wildman–Crippen MR) is 108 cm³/mol. The molecule has 1 saturated heterocycles. The largest absolute Gasteiger partial charge is 0.484 e. The molecular weight excluding hydrogens is 382 g/mol. The molecule has 3 aliphatic rings. The predicted octanol–water partition coefficient (Wildman–Crippen LogP) is 1.93. The lowest BCUT2D eigenvalue weighted by atomic mass is 9.74. The van der Waals surface area contributed by atoms with E-state index in [1.807, 2.05) is 24.3 Å². The molecule has 8 heteroatoms. The number of amides is 1. The van der Waals surface area contributed by atoms with Gasteiger partial charge in [-0.2, -0.15) is 5.26 Å². The second-order valence-electron chi connectivity index (χ2n) is 8.04. The lowest BCUT2D eigenvalue weighted by molar-refractivity contribution is -0.139. The molecule has 0 aliphatic carbocycles. The van der Waals surface area contributed by atoms with Crippen LogP contribution in [0.3, 0.4) is 0 Å². The molecule has 1 aromatic carbocycles. The zero-order valence-electron chi connectivity index (χ0n) is 16.6. The van der Waals surface area contributed by atoms with Gasteiger partial charge in [0.15, 0.2) is 11.5 Å². The van der Waals surface area contributed by atoms with Crippen LogP contribution in [0.5, 0.6) is 5.75 Å². The average Bonchev–Trinajstić information content (AvgIpc) is 2.98. The zero-order valence-corrected chi connectivity index (χ0v) is 16.6. The Morgan fingerprint density at radius 2 is 2.17 bits per heavy atom. The summed E-state index contributed by atoms with van der Waals surface area (Å²) in [6.45, 7) is 1.10. The number of nitriles is 1. The third kappa shape index (κ3) is 2.66. The number of nitrogens with two attached hydrogens (primary N) is 1. The van der Waals surface area contributed by atoms with Gasteiger partial charge in [-0.05, 0) is 43.2 Å². The molecule has 3 aliphatic heterocycles. The van der Waals surface area contributed by atoms with Crippen LogP contribution in [0, 0.1) is 11.3 Å². The monoisotopic (exact) mass is 403 g/mol. The van der Waals surface area contributed by atoms with Gasteiger partial charge in [-0.15, -0.1) is 0 Å². The van der Waals surface area contributed by atoms with E-state index in [2.05, 4.69) is 16.0 Å². The third-order valence-electron chi connectivity index (χ3n) is 6.08. The summed E-state index contributed by atoms with van der Waals surface area (Å²) in [7, 11) is 1.64. The van der Waals surface area contributed by atoms with Crippen molar-refractivity contribution >= 4 is 11.9 Å². The normalized spacial score (nSPS) is 27.5. The molecule has 1 amide bonds. The van der Waals surface area contributed by atoms with Crippen LogP contribution in [-0.4, -0.2) is 47.6 Å². The Labute approximate surface area is 173 Å². The van der Waals surface area contributed by atoms with Crippen molar-refractivity contribution < 1.29 is 14.3 Å². The molecule has 2 aromatic rings. The summed E-state index contributed by atoms with van der Waals surface area (Å²) in [4.78, 5) is 23.8. The molecule has 2 spiro atoms. The molecule has 4 heterocycles. The second kappa shape index (κ2) is 6.54. The number of fused-ring (bicyclic) bond motifs is 2. The Bertz CT molecular complexity index is 1120. The number of likely N-dealkylation sites (N-methyl/N-ethyl adjacent to an activating group) is 1. The van der Waals surface area contributed by atoms with Crippen LogP contribution in [0.1, 0.15) is 30.5 Å². The van der Waals surface area contributed by atoms with E-state index in [1.165, 1.54) is 4.90 Å². The van der Waals surface area contributed by atoms with Gasteiger partial charge in [0.2, 0.25) is 0 Å². The lowest BCUT2D eigenvalue weighted by Gasteiger charge is -2.46. The summed E-state index contributed by atoms with van der Waals surface area (Å²) in [5.74, 6) is 0.618. The molecule has 0 unspecified atom stereocenters. The minimum absolute atomic E-state index is 0.176. The second-order valence-corrected chi connectivity index (χ2v) is 8.04. The fraction of sp³-hybridized carbons (Fsp3) is 0.364. The Kier molecular flexibility index (Phi) is 4.05. The van der Waals surface area contributed by atoms with E-state index in [9.17, 15) is 10.1 Å². The van der Waals surface area contributed by atoms with Gasteiger partial charge < -0.3 is 15.2 Å². The number of benzene rings is 1. The van der Waals surface area contributed by atoms with Gasteiger partial charge in [0, 0.05) is 31.2 Å². The van der Waals surface area contributed by atoms with Crippen molar-refractivity contribution in [1.82, 2.24) is 9.88 Å². The molecule has 5 rings (SSSR count). The van der Waals surface area contributed by atoms with Crippen molar-refractivity contribution in [3.63, 3.8) is 0 Å². The molecular formula is C22H21N5O3. The van der Waals surface area contributed by atoms with E-state index in [0.717, 1.165) is 18.4 Å². The molecule has 2 atom stereocenters. The van der Waals surface area contributed by atoms with Gasteiger partial charge in [-0.25, -0.2) is 9.98 Å². The smallest absolute Gasteiger partial charge is 0.261 e. The summed E-state index contributed by atoms with van der Waals surface area (Å²) in [5.41, 5.74) is 6.71. The fourth-order valence-electron chi connectivity index (χ4n) is 4.63. The Morgan fingerprint density at radius 3 is 2.87 bits per heavy atom. The maximum Gasteiger partial charge on any atom is 0.261 e. The van der Waals surface area contributed by atoms with Gasteiger partial charge in [-0.1, -0.05) is 6.07 Å². The molecule has 1 aromatic heterocycles. The quantitative estimate of drug-likeness (QED) is 0.778. The highest BCUT2D eigenvalue weighted by Crippen LogP contribution is 2.51. The first-order valence-corrected chi connectivity index (χ1v) is 9.89. The van der Waals surface area contributed by atoms with Crippen LogP contribution < -0.4 is 10.5 Å². The van der Waals surface area contributed by atoms with E-state index in [0.29, 0.717) is 42.3 Å². The number of hydrogen-bond acceptors (Lipinski definition) is 7. The van der Waals surface area contributed by atoms with Crippen LogP contribution in [0.15, 0.2) is 41.4 Å². The highest BCUT2D eigenvalue weighted by Gasteiger charge is 2.58. The summed E-state index contributed by atoms with van der Waals surface area (Å²) in [5, 5.41) is 9.18. The number of rotatable bonds is 1. The maximum absolute atomic E-state index is 13.4. The number of ether oxygens (including phenoxy) is 2. The molecule has 0 saturated carbocycles. The summed E-state index contributed by atoms with van der Waals surface area (Å²) >= 11 is 0. The van der Waals surface area contributed by atoms with Crippen LogP contribution >= 0.6 is 0 Å². The molecule has 2 N–H and O–H groups in total. The minimum Gasteiger partial charge on any atom is -0.484 e. The van der Waals surface area contributed by atoms with Crippen molar-refractivity contribution in [3.8, 4) is 23.1 Å². The summed E-state index contributed by atoms with van der Waals surface area (Å²) < 4.78 is 12.1. The molecule has 0 bridgehead atoms. The number of pyridine rings is 1. The van der Waals surface area contributed by atoms with E-state index in [1.54, 1.807) is 19.2 Å². The van der Waals surface area contributed by atoms with Gasteiger partial charge in [0.1, 0.15) is 23.1 Å². The van der Waals surface area contributed by atoms with Gasteiger partial charge >= 0.3 is 0 Å². The minimum atomic E-state index is -1.16. The van der Waals surface area contributed by atoms with E-state index >= 15 is 0 Å². The molecule has 30 heavy (non-hydrogen) atoms. The molecule has 152 valence electrons. The van der Waals surface area contributed by atoms with Crippen molar-refractivity contribution in [2.75, 3.05) is 20.3 Å². The fourth-order valence-corrected chi connectivity index (χ4v) is 4.63. The Hall–Kier alpha value is -3.44. The number of hydrogen-bond donors (Lipinski definition) is 1. The number of aliphatic imine (C=N–C) groups is 1. The van der Waals surface area contributed by atoms with Crippen LogP contribution in [-0.2, 0) is 15.1 Å². The third-order valence-corrected chi connectivity index (χ3v) is 6.08. The SMILES string of the molecule is CN1C(=O)[C@@]2(C[C@@]3(CCCOC3)Oc3ccc(-c4cccc(C#N)n4)cc32)N=C1N. The molecule has 0 radical (unpaired) electrons. The first-order valence-electron chi connectivity index (χ1n) is 9.89. The van der Waals surface area contributed by atoms with Gasteiger partial charge in [-0.3, -0.25) is 9.69 Å². The number of nitrogens with zero attached hydrogens (tertiary/aromatic N) is 4. The van der Waals surface area contributed by atoms with Crippen molar-refractivity contribution in [3.05, 3.63) is 47.7 Å². The molecule has 8 nitrogen and oxygen atoms in total. The van der Waals surface area contributed by atoms with Crippen LogP contribution in [0.25, 0.3) is 11.3 Å². The Balaban J connectivity index is 1.68. The number of carbonyl (C=O) groups is 1. The standard InChI is InChI=1S/C22H21N5O3/c1-27-19(28)22(26-20(27)24)12-21(8-3-9-29-13-21)30-18-7-6-14(10-16(18)22)17-5-2-4-15(11-23)25-17/h2,4-7,10H,3,8-9,12-13H2,1H3,(H2,24,26)/t21-,22+/m1/s1.